The molecule has 7 nitrogen and oxygen atoms in total. The molecule has 0 spiro atoms. The number of carbonyl (C=O) groups is 1. The molecule has 4 rings (SSSR count). The Hall–Kier alpha value is -3.78. The summed E-state index contributed by atoms with van der Waals surface area (Å²) in [5.74, 6) is -0.334. The SMILES string of the molecule is O=C(Nc1ccc([N+](=O)[O-])cc1)c1cn(-c2ccccc2)nc1-c1cccs1. The second-order valence-electron chi connectivity index (χ2n) is 5.91. The fourth-order valence-electron chi connectivity index (χ4n) is 2.71. The second-order valence-corrected chi connectivity index (χ2v) is 6.85. The van der Waals surface area contributed by atoms with Crippen molar-refractivity contribution >= 4 is 28.6 Å². The zero-order valence-corrected chi connectivity index (χ0v) is 15.3. The molecule has 0 radical (unpaired) electrons. The van der Waals surface area contributed by atoms with Crippen molar-refractivity contribution in [2.75, 3.05) is 5.32 Å². The number of anilines is 1. The minimum atomic E-state index is -0.482. The van der Waals surface area contributed by atoms with E-state index < -0.39 is 4.92 Å². The lowest BCUT2D eigenvalue weighted by atomic mass is 10.2. The molecule has 0 bridgehead atoms. The number of thiophene rings is 1. The largest absolute Gasteiger partial charge is 0.322 e. The van der Waals surface area contributed by atoms with Crippen LogP contribution < -0.4 is 5.32 Å². The predicted octanol–water partition coefficient (Wildman–Crippen LogP) is 4.76. The van der Waals surface area contributed by atoms with Crippen LogP contribution in [0.15, 0.2) is 78.3 Å². The van der Waals surface area contributed by atoms with E-state index in [0.717, 1.165) is 10.6 Å². The Labute approximate surface area is 164 Å². The van der Waals surface area contributed by atoms with Crippen LogP contribution in [-0.4, -0.2) is 20.6 Å². The highest BCUT2D eigenvalue weighted by atomic mass is 32.1. The van der Waals surface area contributed by atoms with Gasteiger partial charge in [0.15, 0.2) is 0 Å². The van der Waals surface area contributed by atoms with Gasteiger partial charge in [0, 0.05) is 24.0 Å². The maximum Gasteiger partial charge on any atom is 0.269 e. The number of nitrogens with zero attached hydrogens (tertiary/aromatic N) is 3. The van der Waals surface area contributed by atoms with Crippen LogP contribution in [0.25, 0.3) is 16.3 Å². The summed E-state index contributed by atoms with van der Waals surface area (Å²) in [7, 11) is 0. The number of carbonyl (C=O) groups excluding carboxylic acids is 1. The van der Waals surface area contributed by atoms with Crippen LogP contribution in [0.3, 0.4) is 0 Å². The molecule has 0 aliphatic carbocycles. The Morgan fingerprint density at radius 3 is 2.43 bits per heavy atom. The predicted molar refractivity (Wildman–Crippen MR) is 108 cm³/mol. The van der Waals surface area contributed by atoms with Gasteiger partial charge in [-0.3, -0.25) is 14.9 Å². The van der Waals surface area contributed by atoms with E-state index in [1.165, 1.54) is 35.6 Å². The monoisotopic (exact) mass is 390 g/mol. The summed E-state index contributed by atoms with van der Waals surface area (Å²) in [6.07, 6.45) is 1.69. The van der Waals surface area contributed by atoms with Crippen LogP contribution in [0, 0.1) is 10.1 Å². The Balaban J connectivity index is 1.68. The lowest BCUT2D eigenvalue weighted by molar-refractivity contribution is -0.384. The average molecular weight is 390 g/mol. The average Bonchev–Trinajstić information content (AvgIpc) is 3.39. The summed E-state index contributed by atoms with van der Waals surface area (Å²) in [5, 5.41) is 20.1. The molecule has 138 valence electrons. The molecule has 8 heteroatoms. The number of rotatable bonds is 5. The molecule has 2 aromatic carbocycles. The van der Waals surface area contributed by atoms with Gasteiger partial charge in [-0.2, -0.15) is 5.10 Å². The van der Waals surface area contributed by atoms with E-state index in [-0.39, 0.29) is 11.6 Å². The number of amides is 1. The molecule has 28 heavy (non-hydrogen) atoms. The van der Waals surface area contributed by atoms with Crippen LogP contribution in [0.1, 0.15) is 10.4 Å². The fraction of sp³-hybridized carbons (Fsp3) is 0. The van der Waals surface area contributed by atoms with Gasteiger partial charge in [-0.05, 0) is 35.7 Å². The second kappa shape index (κ2) is 7.45. The van der Waals surface area contributed by atoms with Crippen LogP contribution in [0.5, 0.6) is 0 Å². The topological polar surface area (TPSA) is 90.1 Å². The Kier molecular flexibility index (Phi) is 4.69. The third-order valence-corrected chi connectivity index (χ3v) is 4.95. The highest BCUT2D eigenvalue weighted by Gasteiger charge is 2.19. The van der Waals surface area contributed by atoms with Gasteiger partial charge in [-0.15, -0.1) is 11.3 Å². The molecule has 4 aromatic rings. The molecule has 0 unspecified atom stereocenters. The molecule has 1 amide bonds. The van der Waals surface area contributed by atoms with Gasteiger partial charge < -0.3 is 5.32 Å². The Bertz CT molecular complexity index is 1120. The van der Waals surface area contributed by atoms with E-state index in [2.05, 4.69) is 10.4 Å². The first-order valence-corrected chi connectivity index (χ1v) is 9.24. The lowest BCUT2D eigenvalue weighted by Crippen LogP contribution is -2.12. The van der Waals surface area contributed by atoms with E-state index >= 15 is 0 Å². The zero-order chi connectivity index (χ0) is 19.5. The maximum atomic E-state index is 12.9. The highest BCUT2D eigenvalue weighted by molar-refractivity contribution is 7.13. The van der Waals surface area contributed by atoms with E-state index in [0.29, 0.717) is 16.9 Å². The number of nitro benzene ring substituents is 1. The molecule has 0 saturated heterocycles. The highest BCUT2D eigenvalue weighted by Crippen LogP contribution is 2.28. The van der Waals surface area contributed by atoms with Crippen LogP contribution in [0.4, 0.5) is 11.4 Å². The van der Waals surface area contributed by atoms with Gasteiger partial charge in [0.05, 0.1) is 21.1 Å². The molecule has 0 saturated carbocycles. The van der Waals surface area contributed by atoms with Gasteiger partial charge >= 0.3 is 0 Å². The maximum absolute atomic E-state index is 12.9. The first-order chi connectivity index (χ1) is 13.6. The summed E-state index contributed by atoms with van der Waals surface area (Å²) in [6, 6.07) is 19.0. The van der Waals surface area contributed by atoms with Gasteiger partial charge in [-0.1, -0.05) is 24.3 Å². The third-order valence-electron chi connectivity index (χ3n) is 4.07. The molecule has 2 aromatic heterocycles. The van der Waals surface area contributed by atoms with E-state index in [4.69, 9.17) is 0 Å². The smallest absolute Gasteiger partial charge is 0.269 e. The molecule has 0 atom stereocenters. The zero-order valence-electron chi connectivity index (χ0n) is 14.5. The molecule has 1 N–H and O–H groups in total. The van der Waals surface area contributed by atoms with E-state index in [1.807, 2.05) is 47.8 Å². The van der Waals surface area contributed by atoms with Crippen molar-refractivity contribution in [3.05, 3.63) is 94.0 Å². The van der Waals surface area contributed by atoms with E-state index in [9.17, 15) is 14.9 Å². The first kappa shape index (κ1) is 17.6. The molecule has 0 aliphatic heterocycles. The number of hydrogen-bond donors (Lipinski definition) is 1. The standard InChI is InChI=1S/C20H14N4O3S/c25-20(21-14-8-10-16(11-9-14)24(26)27)17-13-23(15-5-2-1-3-6-15)22-19(17)18-7-4-12-28-18/h1-13H,(H,21,25). The van der Waals surface area contributed by atoms with Crippen LogP contribution >= 0.6 is 11.3 Å². The number of para-hydroxylation sites is 1. The quantitative estimate of drug-likeness (QED) is 0.393. The van der Waals surface area contributed by atoms with Crippen LogP contribution in [-0.2, 0) is 0 Å². The van der Waals surface area contributed by atoms with Crippen molar-refractivity contribution in [1.82, 2.24) is 9.78 Å². The van der Waals surface area contributed by atoms with E-state index in [1.54, 1.807) is 10.9 Å². The summed E-state index contributed by atoms with van der Waals surface area (Å²) in [5.41, 5.74) is 2.28. The number of benzene rings is 2. The van der Waals surface area contributed by atoms with Gasteiger partial charge in [-0.25, -0.2) is 4.68 Å². The van der Waals surface area contributed by atoms with Gasteiger partial charge in [0.1, 0.15) is 5.69 Å². The molecule has 2 heterocycles. The minimum Gasteiger partial charge on any atom is -0.322 e. The Morgan fingerprint density at radius 2 is 1.79 bits per heavy atom. The molecular formula is C20H14N4O3S. The summed E-state index contributed by atoms with van der Waals surface area (Å²) in [4.78, 5) is 24.1. The van der Waals surface area contributed by atoms with Crippen molar-refractivity contribution in [2.45, 2.75) is 0 Å². The first-order valence-electron chi connectivity index (χ1n) is 8.36. The normalized spacial score (nSPS) is 10.6. The van der Waals surface area contributed by atoms with Crippen molar-refractivity contribution in [1.29, 1.82) is 0 Å². The van der Waals surface area contributed by atoms with Gasteiger partial charge in [0.2, 0.25) is 0 Å². The molecule has 0 aliphatic rings. The van der Waals surface area contributed by atoms with Crippen molar-refractivity contribution in [3.8, 4) is 16.3 Å². The van der Waals surface area contributed by atoms with Crippen molar-refractivity contribution in [2.24, 2.45) is 0 Å². The minimum absolute atomic E-state index is 0.0332. The lowest BCUT2D eigenvalue weighted by Gasteiger charge is -2.04. The van der Waals surface area contributed by atoms with Crippen LogP contribution in [0.2, 0.25) is 0 Å². The summed E-state index contributed by atoms with van der Waals surface area (Å²) in [6.45, 7) is 0. The number of aromatic nitrogens is 2. The number of hydrogen-bond acceptors (Lipinski definition) is 5. The van der Waals surface area contributed by atoms with Gasteiger partial charge in [0.25, 0.3) is 11.6 Å². The van der Waals surface area contributed by atoms with Crippen molar-refractivity contribution in [3.63, 3.8) is 0 Å². The molecule has 0 fully saturated rings. The fourth-order valence-corrected chi connectivity index (χ4v) is 3.44. The number of non-ortho nitro benzene ring substituents is 1. The summed E-state index contributed by atoms with van der Waals surface area (Å²) < 4.78 is 1.67. The number of nitro groups is 1. The Morgan fingerprint density at radius 1 is 1.04 bits per heavy atom. The number of nitrogens with one attached hydrogen (secondary N) is 1. The third kappa shape index (κ3) is 3.53. The summed E-state index contributed by atoms with van der Waals surface area (Å²) >= 11 is 1.50. The molecular weight excluding hydrogens is 376 g/mol. The van der Waals surface area contributed by atoms with Crippen molar-refractivity contribution < 1.29 is 9.72 Å².